The third kappa shape index (κ3) is 1.88. The van der Waals surface area contributed by atoms with Crippen molar-refractivity contribution >= 4 is 10.9 Å². The zero-order valence-corrected chi connectivity index (χ0v) is 9.87. The molecule has 0 N–H and O–H groups in total. The van der Waals surface area contributed by atoms with E-state index in [4.69, 9.17) is 4.74 Å². The Morgan fingerprint density at radius 2 is 1.67 bits per heavy atom. The third-order valence-corrected chi connectivity index (χ3v) is 2.71. The molecule has 0 spiro atoms. The van der Waals surface area contributed by atoms with Crippen LogP contribution in [0.15, 0.2) is 48.5 Å². The molecule has 0 aliphatic heterocycles. The molecule has 3 rings (SSSR count). The number of methoxy groups -OCH3 is 1. The lowest BCUT2D eigenvalue weighted by atomic mass is 10.2. The van der Waals surface area contributed by atoms with Crippen LogP contribution in [0.1, 0.15) is 0 Å². The monoisotopic (exact) mass is 237 g/mol. The highest BCUT2D eigenvalue weighted by Crippen LogP contribution is 2.19. The van der Waals surface area contributed by atoms with Gasteiger partial charge in [-0.15, -0.1) is 10.2 Å². The summed E-state index contributed by atoms with van der Waals surface area (Å²) in [5, 5.41) is 9.14. The van der Waals surface area contributed by atoms with E-state index in [1.54, 1.807) is 13.2 Å². The van der Waals surface area contributed by atoms with Crippen LogP contribution in [0.25, 0.3) is 22.3 Å². The van der Waals surface area contributed by atoms with Crippen LogP contribution in [0, 0.1) is 0 Å². The summed E-state index contributed by atoms with van der Waals surface area (Å²) < 4.78 is 4.98. The molecule has 2 heterocycles. The van der Waals surface area contributed by atoms with E-state index in [-0.39, 0.29) is 0 Å². The molecule has 0 aliphatic rings. The molecule has 0 saturated heterocycles. The van der Waals surface area contributed by atoms with Crippen molar-refractivity contribution in [2.24, 2.45) is 0 Å². The fourth-order valence-corrected chi connectivity index (χ4v) is 1.77. The second kappa shape index (κ2) is 4.41. The molecular formula is C14H11N3O. The van der Waals surface area contributed by atoms with Crippen LogP contribution in [0.4, 0.5) is 0 Å². The van der Waals surface area contributed by atoms with Crippen molar-refractivity contribution in [3.05, 3.63) is 48.5 Å². The number of aromatic nitrogens is 3. The van der Waals surface area contributed by atoms with Gasteiger partial charge in [-0.05, 0) is 18.2 Å². The number of pyridine rings is 1. The lowest BCUT2D eigenvalue weighted by Crippen LogP contribution is -1.93. The Hall–Kier alpha value is -2.49. The molecule has 0 fully saturated rings. The smallest absolute Gasteiger partial charge is 0.233 e. The summed E-state index contributed by atoms with van der Waals surface area (Å²) in [7, 11) is 1.57. The van der Waals surface area contributed by atoms with Gasteiger partial charge in [0.05, 0.1) is 18.3 Å². The minimum Gasteiger partial charge on any atom is -0.480 e. The fourth-order valence-electron chi connectivity index (χ4n) is 1.77. The van der Waals surface area contributed by atoms with Gasteiger partial charge in [0.15, 0.2) is 0 Å². The first-order valence-electron chi connectivity index (χ1n) is 5.61. The van der Waals surface area contributed by atoms with Gasteiger partial charge in [0.2, 0.25) is 5.88 Å². The average Bonchev–Trinajstić information content (AvgIpc) is 2.47. The Morgan fingerprint density at radius 1 is 0.833 bits per heavy atom. The fraction of sp³-hybridized carbons (Fsp3) is 0.0714. The van der Waals surface area contributed by atoms with Gasteiger partial charge in [0.1, 0.15) is 5.69 Å². The van der Waals surface area contributed by atoms with Crippen LogP contribution in [-0.4, -0.2) is 22.3 Å². The molecule has 2 aromatic heterocycles. The van der Waals surface area contributed by atoms with Crippen LogP contribution in [0.2, 0.25) is 0 Å². The molecule has 4 heteroatoms. The number of benzene rings is 1. The molecule has 0 bridgehead atoms. The topological polar surface area (TPSA) is 47.9 Å². The maximum absolute atomic E-state index is 4.98. The molecule has 0 saturated carbocycles. The first-order valence-corrected chi connectivity index (χ1v) is 5.61. The number of ether oxygens (including phenoxy) is 1. The number of rotatable bonds is 2. The summed E-state index contributed by atoms with van der Waals surface area (Å²) in [4.78, 5) is 4.56. The van der Waals surface area contributed by atoms with Crippen LogP contribution >= 0.6 is 0 Å². The SMILES string of the molecule is COc1ccc(-c2ccc3ccccc3n2)nn1. The van der Waals surface area contributed by atoms with Crippen molar-refractivity contribution in [2.45, 2.75) is 0 Å². The second-order valence-electron chi connectivity index (χ2n) is 3.85. The van der Waals surface area contributed by atoms with E-state index in [2.05, 4.69) is 15.2 Å². The Morgan fingerprint density at radius 3 is 2.44 bits per heavy atom. The summed E-state index contributed by atoms with van der Waals surface area (Å²) in [6, 6.07) is 15.6. The van der Waals surface area contributed by atoms with E-state index >= 15 is 0 Å². The van der Waals surface area contributed by atoms with E-state index in [0.717, 1.165) is 22.3 Å². The van der Waals surface area contributed by atoms with Gasteiger partial charge >= 0.3 is 0 Å². The highest BCUT2D eigenvalue weighted by molar-refractivity contribution is 5.80. The van der Waals surface area contributed by atoms with E-state index < -0.39 is 0 Å². The van der Waals surface area contributed by atoms with Crippen molar-refractivity contribution in [3.8, 4) is 17.3 Å². The van der Waals surface area contributed by atoms with Crippen molar-refractivity contribution in [1.29, 1.82) is 0 Å². The Balaban J connectivity index is 2.07. The van der Waals surface area contributed by atoms with Crippen molar-refractivity contribution in [3.63, 3.8) is 0 Å². The van der Waals surface area contributed by atoms with E-state index in [1.807, 2.05) is 42.5 Å². The molecule has 18 heavy (non-hydrogen) atoms. The third-order valence-electron chi connectivity index (χ3n) is 2.71. The maximum Gasteiger partial charge on any atom is 0.233 e. The van der Waals surface area contributed by atoms with Gasteiger partial charge in [0, 0.05) is 11.5 Å². The molecule has 88 valence electrons. The highest BCUT2D eigenvalue weighted by atomic mass is 16.5. The first-order chi connectivity index (χ1) is 8.86. The summed E-state index contributed by atoms with van der Waals surface area (Å²) in [5.41, 5.74) is 2.50. The van der Waals surface area contributed by atoms with E-state index in [9.17, 15) is 0 Å². The normalized spacial score (nSPS) is 10.5. The predicted octanol–water partition coefficient (Wildman–Crippen LogP) is 2.70. The molecule has 0 amide bonds. The van der Waals surface area contributed by atoms with Crippen LogP contribution in [0.5, 0.6) is 5.88 Å². The molecule has 3 aromatic rings. The molecular weight excluding hydrogens is 226 g/mol. The molecule has 0 unspecified atom stereocenters. The quantitative estimate of drug-likeness (QED) is 0.687. The zero-order valence-electron chi connectivity index (χ0n) is 9.87. The van der Waals surface area contributed by atoms with Gasteiger partial charge in [-0.2, -0.15) is 0 Å². The standard InChI is InChI=1S/C14H11N3O/c1-18-14-9-8-13(16-17-14)12-7-6-10-4-2-3-5-11(10)15-12/h2-9H,1H3. The molecule has 0 atom stereocenters. The Bertz CT molecular complexity index is 680. The van der Waals surface area contributed by atoms with Crippen molar-refractivity contribution in [2.75, 3.05) is 7.11 Å². The number of para-hydroxylation sites is 1. The summed E-state index contributed by atoms with van der Waals surface area (Å²) in [5.74, 6) is 0.500. The summed E-state index contributed by atoms with van der Waals surface area (Å²) in [6.45, 7) is 0. The lowest BCUT2D eigenvalue weighted by Gasteiger charge is -2.02. The van der Waals surface area contributed by atoms with E-state index in [1.165, 1.54) is 0 Å². The summed E-state index contributed by atoms with van der Waals surface area (Å²) in [6.07, 6.45) is 0. The molecule has 4 nitrogen and oxygen atoms in total. The molecule has 0 radical (unpaired) electrons. The van der Waals surface area contributed by atoms with Crippen LogP contribution in [-0.2, 0) is 0 Å². The van der Waals surface area contributed by atoms with E-state index in [0.29, 0.717) is 5.88 Å². The second-order valence-corrected chi connectivity index (χ2v) is 3.85. The minimum absolute atomic E-state index is 0.500. The number of hydrogen-bond acceptors (Lipinski definition) is 4. The van der Waals surface area contributed by atoms with Gasteiger partial charge in [-0.3, -0.25) is 0 Å². The number of hydrogen-bond donors (Lipinski definition) is 0. The van der Waals surface area contributed by atoms with Gasteiger partial charge in [0.25, 0.3) is 0 Å². The lowest BCUT2D eigenvalue weighted by molar-refractivity contribution is 0.392. The largest absolute Gasteiger partial charge is 0.480 e. The van der Waals surface area contributed by atoms with Crippen molar-refractivity contribution < 1.29 is 4.74 Å². The van der Waals surface area contributed by atoms with Crippen LogP contribution < -0.4 is 4.74 Å². The Labute approximate surface area is 104 Å². The molecule has 1 aromatic carbocycles. The van der Waals surface area contributed by atoms with Gasteiger partial charge in [-0.1, -0.05) is 24.3 Å². The van der Waals surface area contributed by atoms with Crippen LogP contribution in [0.3, 0.4) is 0 Å². The van der Waals surface area contributed by atoms with Crippen molar-refractivity contribution in [1.82, 2.24) is 15.2 Å². The van der Waals surface area contributed by atoms with Gasteiger partial charge < -0.3 is 4.74 Å². The predicted molar refractivity (Wildman–Crippen MR) is 69.3 cm³/mol. The highest BCUT2D eigenvalue weighted by Gasteiger charge is 2.03. The first kappa shape index (κ1) is 10.7. The average molecular weight is 237 g/mol. The summed E-state index contributed by atoms with van der Waals surface area (Å²) >= 11 is 0. The molecule has 0 aliphatic carbocycles. The maximum atomic E-state index is 4.98. The Kier molecular flexibility index (Phi) is 2.61. The zero-order chi connectivity index (χ0) is 12.4. The minimum atomic E-state index is 0.500. The number of fused-ring (bicyclic) bond motifs is 1. The van der Waals surface area contributed by atoms with Gasteiger partial charge in [-0.25, -0.2) is 4.98 Å². The number of nitrogens with zero attached hydrogens (tertiary/aromatic N) is 3.